The number of anilines is 1. The highest BCUT2D eigenvalue weighted by molar-refractivity contribution is 7.88. The van der Waals surface area contributed by atoms with Crippen LogP contribution >= 0.6 is 0 Å². The summed E-state index contributed by atoms with van der Waals surface area (Å²) in [4.78, 5) is 10.9. The Morgan fingerprint density at radius 2 is 1.89 bits per heavy atom. The summed E-state index contributed by atoms with van der Waals surface area (Å²) >= 11 is 0. The quantitative estimate of drug-likeness (QED) is 0.729. The third-order valence-electron chi connectivity index (χ3n) is 2.16. The van der Waals surface area contributed by atoms with Crippen molar-refractivity contribution in [3.05, 3.63) is 29.8 Å². The number of hydrogen-bond donors (Lipinski definition) is 2. The predicted octanol–water partition coefficient (Wildman–Crippen LogP) is 0.321. The second-order valence-electron chi connectivity index (χ2n) is 3.72. The maximum Gasteiger partial charge on any atom is 0.325 e. The van der Waals surface area contributed by atoms with Crippen LogP contribution < -0.4 is 10.0 Å². The molecule has 0 unspecified atom stereocenters. The molecule has 0 heterocycles. The fourth-order valence-electron chi connectivity index (χ4n) is 1.20. The van der Waals surface area contributed by atoms with Crippen molar-refractivity contribution >= 4 is 21.7 Å². The van der Waals surface area contributed by atoms with E-state index in [9.17, 15) is 13.2 Å². The van der Waals surface area contributed by atoms with E-state index in [2.05, 4.69) is 14.8 Å². The van der Waals surface area contributed by atoms with E-state index in [1.807, 2.05) is 0 Å². The lowest BCUT2D eigenvalue weighted by molar-refractivity contribution is -0.138. The van der Waals surface area contributed by atoms with Crippen LogP contribution in [0.15, 0.2) is 24.3 Å². The van der Waals surface area contributed by atoms with Gasteiger partial charge in [-0.1, -0.05) is 12.1 Å². The lowest BCUT2D eigenvalue weighted by Gasteiger charge is -2.06. The first kappa shape index (κ1) is 14.5. The minimum atomic E-state index is -3.18. The molecule has 1 rings (SSSR count). The Bertz CT molecular complexity index is 496. The molecule has 0 atom stereocenters. The van der Waals surface area contributed by atoms with Gasteiger partial charge in [0.2, 0.25) is 10.0 Å². The number of sulfonamides is 1. The Kier molecular flexibility index (Phi) is 5.11. The first-order valence-electron chi connectivity index (χ1n) is 5.25. The van der Waals surface area contributed by atoms with E-state index in [1.165, 1.54) is 7.11 Å². The highest BCUT2D eigenvalue weighted by atomic mass is 32.2. The number of esters is 1. The minimum Gasteiger partial charge on any atom is -0.468 e. The van der Waals surface area contributed by atoms with Crippen molar-refractivity contribution in [3.8, 4) is 0 Å². The standard InChI is InChI=1S/C11H16N2O4S/c1-17-11(14)8-12-10-5-3-9(4-6-10)7-13-18(2,15)16/h3-6,12-13H,7-8H2,1-2H3. The lowest BCUT2D eigenvalue weighted by Crippen LogP contribution is -2.21. The molecule has 0 aliphatic heterocycles. The summed E-state index contributed by atoms with van der Waals surface area (Å²) < 4.78 is 28.7. The summed E-state index contributed by atoms with van der Waals surface area (Å²) in [6.45, 7) is 0.341. The van der Waals surface area contributed by atoms with Gasteiger partial charge in [0, 0.05) is 12.2 Å². The Morgan fingerprint density at radius 3 is 2.39 bits per heavy atom. The van der Waals surface area contributed by atoms with Gasteiger partial charge in [0.25, 0.3) is 0 Å². The van der Waals surface area contributed by atoms with Gasteiger partial charge in [0.15, 0.2) is 0 Å². The number of methoxy groups -OCH3 is 1. The average molecular weight is 272 g/mol. The largest absolute Gasteiger partial charge is 0.468 e. The van der Waals surface area contributed by atoms with Crippen molar-refractivity contribution in [2.75, 3.05) is 25.2 Å². The molecular weight excluding hydrogens is 256 g/mol. The van der Waals surface area contributed by atoms with Crippen LogP contribution in [0.4, 0.5) is 5.69 Å². The summed E-state index contributed by atoms with van der Waals surface area (Å²) in [5, 5.41) is 2.88. The van der Waals surface area contributed by atoms with Gasteiger partial charge in [-0.15, -0.1) is 0 Å². The summed E-state index contributed by atoms with van der Waals surface area (Å²) in [6.07, 6.45) is 1.11. The van der Waals surface area contributed by atoms with E-state index < -0.39 is 10.0 Å². The first-order chi connectivity index (χ1) is 8.40. The SMILES string of the molecule is COC(=O)CNc1ccc(CNS(C)(=O)=O)cc1. The van der Waals surface area contributed by atoms with Crippen LogP contribution in [0.25, 0.3) is 0 Å². The molecule has 100 valence electrons. The average Bonchev–Trinajstić information content (AvgIpc) is 2.33. The Labute approximate surface area is 106 Å². The predicted molar refractivity (Wildman–Crippen MR) is 68.6 cm³/mol. The third-order valence-corrected chi connectivity index (χ3v) is 2.83. The van der Waals surface area contributed by atoms with Crippen LogP contribution in [0, 0.1) is 0 Å². The maximum atomic E-state index is 10.9. The van der Waals surface area contributed by atoms with Crippen LogP contribution in [-0.4, -0.2) is 34.3 Å². The van der Waals surface area contributed by atoms with Gasteiger partial charge < -0.3 is 10.1 Å². The summed E-state index contributed by atoms with van der Waals surface area (Å²) in [6, 6.07) is 7.08. The molecule has 0 aliphatic carbocycles. The van der Waals surface area contributed by atoms with Crippen LogP contribution in [0.2, 0.25) is 0 Å². The minimum absolute atomic E-state index is 0.0947. The number of nitrogens with one attached hydrogen (secondary N) is 2. The first-order valence-corrected chi connectivity index (χ1v) is 7.14. The molecule has 7 heteroatoms. The van der Waals surface area contributed by atoms with Gasteiger partial charge in [-0.05, 0) is 17.7 Å². The van der Waals surface area contributed by atoms with Gasteiger partial charge >= 0.3 is 5.97 Å². The number of ether oxygens (including phenoxy) is 1. The molecule has 0 aliphatic rings. The maximum absolute atomic E-state index is 10.9. The van der Waals surface area contributed by atoms with Gasteiger partial charge in [-0.25, -0.2) is 13.1 Å². The fourth-order valence-corrected chi connectivity index (χ4v) is 1.63. The van der Waals surface area contributed by atoms with Crippen LogP contribution in [0.1, 0.15) is 5.56 Å². The van der Waals surface area contributed by atoms with Crippen molar-refractivity contribution in [3.63, 3.8) is 0 Å². The van der Waals surface area contributed by atoms with E-state index in [1.54, 1.807) is 24.3 Å². The lowest BCUT2D eigenvalue weighted by atomic mass is 10.2. The van der Waals surface area contributed by atoms with Gasteiger partial charge in [-0.3, -0.25) is 4.79 Å². The number of rotatable bonds is 6. The Balaban J connectivity index is 2.50. The molecule has 2 N–H and O–H groups in total. The third kappa shape index (κ3) is 5.65. The zero-order valence-electron chi connectivity index (χ0n) is 10.3. The molecule has 1 aromatic rings. The second kappa shape index (κ2) is 6.36. The molecular formula is C11H16N2O4S. The fraction of sp³-hybridized carbons (Fsp3) is 0.364. The molecule has 0 aromatic heterocycles. The summed E-state index contributed by atoms with van der Waals surface area (Å²) in [5.41, 5.74) is 1.60. The van der Waals surface area contributed by atoms with E-state index >= 15 is 0 Å². The van der Waals surface area contributed by atoms with Crippen LogP contribution in [0.5, 0.6) is 0 Å². The van der Waals surface area contributed by atoms with Crippen LogP contribution in [0.3, 0.4) is 0 Å². The van der Waals surface area contributed by atoms with E-state index in [4.69, 9.17) is 0 Å². The summed E-state index contributed by atoms with van der Waals surface area (Å²) in [7, 11) is -1.86. The zero-order valence-corrected chi connectivity index (χ0v) is 11.1. The number of hydrogen-bond acceptors (Lipinski definition) is 5. The molecule has 0 bridgehead atoms. The monoisotopic (exact) mass is 272 g/mol. The molecule has 18 heavy (non-hydrogen) atoms. The van der Waals surface area contributed by atoms with Gasteiger partial charge in [0.1, 0.15) is 6.54 Å². The van der Waals surface area contributed by atoms with E-state index in [-0.39, 0.29) is 19.1 Å². The van der Waals surface area contributed by atoms with Gasteiger partial charge in [0.05, 0.1) is 13.4 Å². The highest BCUT2D eigenvalue weighted by Crippen LogP contribution is 2.09. The Morgan fingerprint density at radius 1 is 1.28 bits per heavy atom. The molecule has 1 aromatic carbocycles. The zero-order chi connectivity index (χ0) is 13.6. The number of benzene rings is 1. The Hall–Kier alpha value is -1.60. The van der Waals surface area contributed by atoms with Crippen molar-refractivity contribution in [2.24, 2.45) is 0 Å². The normalized spacial score (nSPS) is 11.0. The molecule has 0 spiro atoms. The van der Waals surface area contributed by atoms with Crippen molar-refractivity contribution in [1.82, 2.24) is 4.72 Å². The topological polar surface area (TPSA) is 84.5 Å². The van der Waals surface area contributed by atoms with Gasteiger partial charge in [-0.2, -0.15) is 0 Å². The molecule has 6 nitrogen and oxygen atoms in total. The van der Waals surface area contributed by atoms with Crippen molar-refractivity contribution in [2.45, 2.75) is 6.54 Å². The highest BCUT2D eigenvalue weighted by Gasteiger charge is 2.02. The van der Waals surface area contributed by atoms with E-state index in [0.717, 1.165) is 17.5 Å². The van der Waals surface area contributed by atoms with Crippen molar-refractivity contribution < 1.29 is 17.9 Å². The molecule has 0 saturated carbocycles. The molecule has 0 fully saturated rings. The molecule has 0 saturated heterocycles. The number of carbonyl (C=O) groups excluding carboxylic acids is 1. The molecule has 0 amide bonds. The second-order valence-corrected chi connectivity index (χ2v) is 5.55. The smallest absolute Gasteiger partial charge is 0.325 e. The molecule has 0 radical (unpaired) electrons. The van der Waals surface area contributed by atoms with E-state index in [0.29, 0.717) is 0 Å². The van der Waals surface area contributed by atoms with Crippen molar-refractivity contribution in [1.29, 1.82) is 0 Å². The summed E-state index contributed by atoms with van der Waals surface area (Å²) in [5.74, 6) is -0.349. The number of carbonyl (C=O) groups is 1. The van der Waals surface area contributed by atoms with Crippen LogP contribution in [-0.2, 0) is 26.1 Å².